The molecule has 0 aromatic heterocycles. The van der Waals surface area contributed by atoms with Crippen LogP contribution in [-0.2, 0) is 0 Å². The van der Waals surface area contributed by atoms with E-state index in [9.17, 15) is 4.79 Å². The molecule has 60 valence electrons. The molecule has 2 amide bonds. The minimum atomic E-state index is -1.33. The average Bonchev–Trinajstić information content (AvgIpc) is 1.62. The Hall–Kier alpha value is -1.46. The van der Waals surface area contributed by atoms with Gasteiger partial charge in [0.25, 0.3) is 0 Å². The van der Waals surface area contributed by atoms with E-state index in [1.54, 1.807) is 6.92 Å². The number of carboxylic acid groups (broad SMARTS) is 2. The Kier molecular flexibility index (Phi) is 8.56. The zero-order valence-electron chi connectivity index (χ0n) is 5.50. The Morgan fingerprint density at radius 1 is 1.50 bits per heavy atom. The summed E-state index contributed by atoms with van der Waals surface area (Å²) in [7, 11) is 0. The van der Waals surface area contributed by atoms with Crippen molar-refractivity contribution >= 4 is 12.2 Å². The van der Waals surface area contributed by atoms with E-state index in [4.69, 9.17) is 15.0 Å². The molecule has 0 saturated carbocycles. The first-order valence-electron chi connectivity index (χ1n) is 2.45. The molecular formula is C4H10N2O4. The van der Waals surface area contributed by atoms with Crippen LogP contribution in [0.15, 0.2) is 0 Å². The number of hydrogen-bond acceptors (Lipinski definition) is 2. The molecule has 6 heteroatoms. The highest BCUT2D eigenvalue weighted by Gasteiger charge is 1.82. The van der Waals surface area contributed by atoms with Crippen LogP contribution in [0.4, 0.5) is 9.59 Å². The van der Waals surface area contributed by atoms with E-state index in [0.29, 0.717) is 6.54 Å². The van der Waals surface area contributed by atoms with Crippen LogP contribution in [0.3, 0.4) is 0 Å². The quantitative estimate of drug-likeness (QED) is 0.418. The maximum absolute atomic E-state index is 9.49. The molecular weight excluding hydrogens is 140 g/mol. The molecule has 0 spiro atoms. The van der Waals surface area contributed by atoms with Crippen molar-refractivity contribution in [2.24, 2.45) is 5.73 Å². The van der Waals surface area contributed by atoms with Gasteiger partial charge in [-0.05, 0) is 6.92 Å². The van der Waals surface area contributed by atoms with Crippen molar-refractivity contribution in [2.75, 3.05) is 6.54 Å². The molecule has 0 rings (SSSR count). The minimum Gasteiger partial charge on any atom is -0.465 e. The van der Waals surface area contributed by atoms with Gasteiger partial charge in [-0.1, -0.05) is 0 Å². The minimum absolute atomic E-state index is 0.481. The molecule has 0 saturated heterocycles. The van der Waals surface area contributed by atoms with Gasteiger partial charge in [0, 0.05) is 6.54 Å². The fraction of sp³-hybridized carbons (Fsp3) is 0.500. The number of amides is 2. The van der Waals surface area contributed by atoms with Gasteiger partial charge in [-0.2, -0.15) is 0 Å². The second-order valence-corrected chi connectivity index (χ2v) is 1.17. The Bertz CT molecular complexity index is 110. The molecule has 0 aromatic carbocycles. The van der Waals surface area contributed by atoms with Crippen LogP contribution >= 0.6 is 0 Å². The second kappa shape index (κ2) is 7.54. The smallest absolute Gasteiger partial charge is 0.404 e. The van der Waals surface area contributed by atoms with E-state index < -0.39 is 12.2 Å². The van der Waals surface area contributed by atoms with Crippen molar-refractivity contribution in [1.82, 2.24) is 5.32 Å². The summed E-state index contributed by atoms with van der Waals surface area (Å²) in [5, 5.41) is 17.1. The number of hydrogen-bond donors (Lipinski definition) is 4. The molecule has 0 heterocycles. The maximum Gasteiger partial charge on any atom is 0.404 e. The number of nitrogens with two attached hydrogens (primary N) is 1. The van der Waals surface area contributed by atoms with Gasteiger partial charge in [-0.25, -0.2) is 9.59 Å². The van der Waals surface area contributed by atoms with E-state index in [0.717, 1.165) is 0 Å². The first kappa shape index (κ1) is 11.4. The predicted molar refractivity (Wildman–Crippen MR) is 33.9 cm³/mol. The summed E-state index contributed by atoms with van der Waals surface area (Å²) in [4.78, 5) is 18.3. The summed E-state index contributed by atoms with van der Waals surface area (Å²) >= 11 is 0. The molecule has 0 aliphatic heterocycles. The average molecular weight is 150 g/mol. The normalized spacial score (nSPS) is 6.90. The fourth-order valence-corrected chi connectivity index (χ4v) is 0.151. The number of primary amides is 1. The molecule has 0 aromatic rings. The summed E-state index contributed by atoms with van der Waals surface area (Å²) in [6.07, 6.45) is -2.29. The largest absolute Gasteiger partial charge is 0.465 e. The summed E-state index contributed by atoms with van der Waals surface area (Å²) in [6.45, 7) is 2.21. The van der Waals surface area contributed by atoms with Gasteiger partial charge in [0.1, 0.15) is 0 Å². The zero-order valence-corrected chi connectivity index (χ0v) is 5.50. The Balaban J connectivity index is 0. The SMILES string of the molecule is CCNC(=O)O.NC(=O)O. The lowest BCUT2D eigenvalue weighted by Crippen LogP contribution is -2.19. The van der Waals surface area contributed by atoms with Gasteiger partial charge >= 0.3 is 12.2 Å². The summed E-state index contributed by atoms with van der Waals surface area (Å²) in [5.41, 5.74) is 4.03. The molecule has 0 radical (unpaired) electrons. The molecule has 5 N–H and O–H groups in total. The van der Waals surface area contributed by atoms with Crippen LogP contribution < -0.4 is 11.1 Å². The van der Waals surface area contributed by atoms with Gasteiger partial charge in [0.2, 0.25) is 0 Å². The van der Waals surface area contributed by atoms with E-state index in [-0.39, 0.29) is 0 Å². The summed E-state index contributed by atoms with van der Waals surface area (Å²) in [6, 6.07) is 0. The van der Waals surface area contributed by atoms with Gasteiger partial charge in [-0.3, -0.25) is 0 Å². The lowest BCUT2D eigenvalue weighted by atomic mass is 10.8. The lowest BCUT2D eigenvalue weighted by Gasteiger charge is -1.87. The third-order valence-electron chi connectivity index (χ3n) is 0.328. The fourth-order valence-electron chi connectivity index (χ4n) is 0.151. The number of nitrogens with one attached hydrogen (secondary N) is 1. The van der Waals surface area contributed by atoms with Crippen LogP contribution in [-0.4, -0.2) is 28.9 Å². The number of carbonyl (C=O) groups is 2. The highest BCUT2D eigenvalue weighted by molar-refractivity contribution is 5.64. The Morgan fingerprint density at radius 2 is 1.80 bits per heavy atom. The molecule has 0 unspecified atom stereocenters. The monoisotopic (exact) mass is 150 g/mol. The third-order valence-corrected chi connectivity index (χ3v) is 0.328. The second-order valence-electron chi connectivity index (χ2n) is 1.17. The molecule has 10 heavy (non-hydrogen) atoms. The summed E-state index contributed by atoms with van der Waals surface area (Å²) < 4.78 is 0. The third kappa shape index (κ3) is 84.6. The van der Waals surface area contributed by atoms with Crippen LogP contribution in [0.2, 0.25) is 0 Å². The first-order valence-corrected chi connectivity index (χ1v) is 2.45. The number of rotatable bonds is 1. The summed E-state index contributed by atoms with van der Waals surface area (Å²) in [5.74, 6) is 0. The van der Waals surface area contributed by atoms with E-state index >= 15 is 0 Å². The predicted octanol–water partition coefficient (Wildman–Crippen LogP) is -0.103. The molecule has 0 atom stereocenters. The van der Waals surface area contributed by atoms with Gasteiger partial charge in [-0.15, -0.1) is 0 Å². The maximum atomic E-state index is 9.49. The van der Waals surface area contributed by atoms with Crippen molar-refractivity contribution < 1.29 is 19.8 Å². The van der Waals surface area contributed by atoms with Crippen LogP contribution in [0.1, 0.15) is 6.92 Å². The van der Waals surface area contributed by atoms with Crippen molar-refractivity contribution in [3.8, 4) is 0 Å². The van der Waals surface area contributed by atoms with Crippen LogP contribution in [0.5, 0.6) is 0 Å². The molecule has 0 fully saturated rings. The lowest BCUT2D eigenvalue weighted by molar-refractivity contribution is 0.195. The van der Waals surface area contributed by atoms with Crippen molar-refractivity contribution in [2.45, 2.75) is 6.92 Å². The van der Waals surface area contributed by atoms with Gasteiger partial charge in [0.15, 0.2) is 0 Å². The molecule has 0 bridgehead atoms. The van der Waals surface area contributed by atoms with E-state index in [2.05, 4.69) is 11.1 Å². The molecule has 0 aliphatic rings. The Labute approximate surface area is 57.6 Å². The molecule has 0 aliphatic carbocycles. The van der Waals surface area contributed by atoms with Crippen molar-refractivity contribution in [3.63, 3.8) is 0 Å². The Morgan fingerprint density at radius 3 is 1.80 bits per heavy atom. The standard InChI is InChI=1S/C3H7NO2.CH3NO2/c1-2-4-3(5)6;2-1(3)4/h4H,2H2,1H3,(H,5,6);2H2,(H,3,4). The van der Waals surface area contributed by atoms with Gasteiger partial charge in [0.05, 0.1) is 0 Å². The van der Waals surface area contributed by atoms with Crippen LogP contribution in [0.25, 0.3) is 0 Å². The highest BCUT2D eigenvalue weighted by Crippen LogP contribution is 1.54. The molecule has 6 nitrogen and oxygen atoms in total. The zero-order chi connectivity index (χ0) is 8.57. The van der Waals surface area contributed by atoms with Crippen molar-refractivity contribution in [3.05, 3.63) is 0 Å². The van der Waals surface area contributed by atoms with E-state index in [1.807, 2.05) is 0 Å². The first-order chi connectivity index (χ1) is 4.50. The topological polar surface area (TPSA) is 113 Å². The van der Waals surface area contributed by atoms with Crippen LogP contribution in [0, 0.1) is 0 Å². The van der Waals surface area contributed by atoms with E-state index in [1.165, 1.54) is 0 Å². The highest BCUT2D eigenvalue weighted by atomic mass is 16.4. The van der Waals surface area contributed by atoms with Gasteiger partial charge < -0.3 is 21.3 Å². The van der Waals surface area contributed by atoms with Crippen molar-refractivity contribution in [1.29, 1.82) is 0 Å².